The Bertz CT molecular complexity index is 1300. The van der Waals surface area contributed by atoms with E-state index in [1.807, 2.05) is 56.6 Å². The van der Waals surface area contributed by atoms with Crippen molar-refractivity contribution in [2.45, 2.75) is 20.0 Å². The molecule has 0 radical (unpaired) electrons. The van der Waals surface area contributed by atoms with Gasteiger partial charge in [-0.3, -0.25) is 9.38 Å². The Labute approximate surface area is 169 Å². The van der Waals surface area contributed by atoms with Crippen LogP contribution in [-0.2, 0) is 0 Å². The number of fused-ring (bicyclic) bond motifs is 2. The van der Waals surface area contributed by atoms with Gasteiger partial charge in [-0.15, -0.1) is 0 Å². The molecule has 0 amide bonds. The van der Waals surface area contributed by atoms with Crippen LogP contribution in [0.2, 0.25) is 0 Å². The number of aromatic nitrogens is 3. The van der Waals surface area contributed by atoms with Crippen molar-refractivity contribution in [2.24, 2.45) is 0 Å². The van der Waals surface area contributed by atoms with Crippen LogP contribution < -0.4 is 4.74 Å². The molecule has 0 aliphatic carbocycles. The van der Waals surface area contributed by atoms with Gasteiger partial charge < -0.3 is 4.74 Å². The zero-order chi connectivity index (χ0) is 19.8. The molecule has 3 heterocycles. The van der Waals surface area contributed by atoms with Gasteiger partial charge >= 0.3 is 0 Å². The van der Waals surface area contributed by atoms with Crippen molar-refractivity contribution in [2.75, 3.05) is 0 Å². The predicted octanol–water partition coefficient (Wildman–Crippen LogP) is 6.00. The number of rotatable bonds is 4. The normalized spacial score (nSPS) is 11.4. The van der Waals surface area contributed by atoms with E-state index in [1.54, 1.807) is 0 Å². The first-order valence-corrected chi connectivity index (χ1v) is 9.77. The molecule has 0 fully saturated rings. The monoisotopic (exact) mass is 379 g/mol. The molecule has 4 heteroatoms. The largest absolute Gasteiger partial charge is 0.491 e. The van der Waals surface area contributed by atoms with Gasteiger partial charge in [0.15, 0.2) is 0 Å². The van der Waals surface area contributed by atoms with Crippen LogP contribution >= 0.6 is 0 Å². The highest BCUT2D eigenvalue weighted by molar-refractivity contribution is 5.83. The van der Waals surface area contributed by atoms with Crippen LogP contribution in [0.15, 0.2) is 85.3 Å². The molecule has 0 bridgehead atoms. The second-order valence-corrected chi connectivity index (χ2v) is 7.39. The number of benzene rings is 2. The summed E-state index contributed by atoms with van der Waals surface area (Å²) in [6.07, 6.45) is 6.06. The van der Waals surface area contributed by atoms with Gasteiger partial charge in [-0.05, 0) is 61.4 Å². The second-order valence-electron chi connectivity index (χ2n) is 7.39. The SMILES string of the molecule is CC(C)Oc1ccc(-c2ccn3c(-c4cnc5ccccc5c4)cnc3c2)cc1. The predicted molar refractivity (Wildman–Crippen MR) is 117 cm³/mol. The quantitative estimate of drug-likeness (QED) is 0.384. The number of ether oxygens (including phenoxy) is 1. The summed E-state index contributed by atoms with van der Waals surface area (Å²) in [5.41, 5.74) is 6.26. The molecular formula is C25H21N3O. The van der Waals surface area contributed by atoms with Gasteiger partial charge in [0.2, 0.25) is 0 Å². The van der Waals surface area contributed by atoms with Gasteiger partial charge in [-0.1, -0.05) is 30.3 Å². The summed E-state index contributed by atoms with van der Waals surface area (Å²) in [6.45, 7) is 4.06. The van der Waals surface area contributed by atoms with Gasteiger partial charge in [-0.25, -0.2) is 4.98 Å². The first-order chi connectivity index (χ1) is 14.2. The van der Waals surface area contributed by atoms with E-state index in [1.165, 1.54) is 0 Å². The fourth-order valence-electron chi connectivity index (χ4n) is 3.58. The van der Waals surface area contributed by atoms with Gasteiger partial charge in [0.25, 0.3) is 0 Å². The lowest BCUT2D eigenvalue weighted by Crippen LogP contribution is -2.05. The Hall–Kier alpha value is -3.66. The lowest BCUT2D eigenvalue weighted by atomic mass is 10.1. The van der Waals surface area contributed by atoms with Crippen molar-refractivity contribution in [1.29, 1.82) is 0 Å². The van der Waals surface area contributed by atoms with E-state index in [2.05, 4.69) is 57.0 Å². The topological polar surface area (TPSA) is 39.4 Å². The minimum atomic E-state index is 0.171. The standard InChI is InChI=1S/C25H21N3O/c1-17(2)29-22-9-7-18(8-10-22)19-11-12-28-24(16-27-25(28)14-19)21-13-20-5-3-4-6-23(20)26-15-21/h3-17H,1-2H3. The third kappa shape index (κ3) is 3.34. The molecule has 5 rings (SSSR count). The molecule has 0 aliphatic rings. The van der Waals surface area contributed by atoms with Crippen LogP contribution in [-0.4, -0.2) is 20.5 Å². The second kappa shape index (κ2) is 7.06. The van der Waals surface area contributed by atoms with Crippen molar-refractivity contribution < 1.29 is 4.74 Å². The number of imidazole rings is 1. The Morgan fingerprint density at radius 2 is 1.62 bits per heavy atom. The molecule has 0 saturated heterocycles. The first kappa shape index (κ1) is 17.4. The molecule has 0 N–H and O–H groups in total. The smallest absolute Gasteiger partial charge is 0.137 e. The van der Waals surface area contributed by atoms with Gasteiger partial charge in [0, 0.05) is 23.3 Å². The highest BCUT2D eigenvalue weighted by Gasteiger charge is 2.09. The van der Waals surface area contributed by atoms with Crippen LogP contribution in [0, 0.1) is 0 Å². The number of hydrogen-bond donors (Lipinski definition) is 0. The molecule has 5 aromatic rings. The van der Waals surface area contributed by atoms with E-state index < -0.39 is 0 Å². The van der Waals surface area contributed by atoms with Crippen LogP contribution in [0.1, 0.15) is 13.8 Å². The van der Waals surface area contributed by atoms with E-state index in [9.17, 15) is 0 Å². The maximum Gasteiger partial charge on any atom is 0.137 e. The van der Waals surface area contributed by atoms with Crippen molar-refractivity contribution in [3.05, 3.63) is 85.3 Å². The third-order valence-electron chi connectivity index (χ3n) is 4.96. The maximum atomic E-state index is 5.74. The summed E-state index contributed by atoms with van der Waals surface area (Å²) in [4.78, 5) is 9.21. The summed E-state index contributed by atoms with van der Waals surface area (Å²) >= 11 is 0. The summed E-state index contributed by atoms with van der Waals surface area (Å²) in [7, 11) is 0. The minimum absolute atomic E-state index is 0.171. The highest BCUT2D eigenvalue weighted by atomic mass is 16.5. The average Bonchev–Trinajstić information content (AvgIpc) is 3.17. The Morgan fingerprint density at radius 1 is 0.793 bits per heavy atom. The van der Waals surface area contributed by atoms with Crippen molar-refractivity contribution in [1.82, 2.24) is 14.4 Å². The first-order valence-electron chi connectivity index (χ1n) is 9.77. The molecule has 29 heavy (non-hydrogen) atoms. The van der Waals surface area contributed by atoms with E-state index >= 15 is 0 Å². The molecule has 0 aliphatic heterocycles. The van der Waals surface area contributed by atoms with E-state index in [0.29, 0.717) is 0 Å². The molecule has 0 atom stereocenters. The molecule has 0 saturated carbocycles. The fourth-order valence-corrected chi connectivity index (χ4v) is 3.58. The maximum absolute atomic E-state index is 5.74. The lowest BCUT2D eigenvalue weighted by molar-refractivity contribution is 0.242. The number of pyridine rings is 2. The molecule has 142 valence electrons. The zero-order valence-electron chi connectivity index (χ0n) is 16.4. The molecule has 0 spiro atoms. The van der Waals surface area contributed by atoms with Crippen molar-refractivity contribution in [3.8, 4) is 28.1 Å². The van der Waals surface area contributed by atoms with E-state index in [4.69, 9.17) is 4.74 Å². The van der Waals surface area contributed by atoms with Gasteiger partial charge in [0.05, 0.1) is 23.5 Å². The van der Waals surface area contributed by atoms with Crippen molar-refractivity contribution in [3.63, 3.8) is 0 Å². The summed E-state index contributed by atoms with van der Waals surface area (Å²) in [5, 5.41) is 1.13. The third-order valence-corrected chi connectivity index (χ3v) is 4.96. The van der Waals surface area contributed by atoms with Gasteiger partial charge in [-0.2, -0.15) is 0 Å². The summed E-state index contributed by atoms with van der Waals surface area (Å²) < 4.78 is 7.84. The molecule has 2 aromatic carbocycles. The summed E-state index contributed by atoms with van der Waals surface area (Å²) in [5.74, 6) is 0.886. The van der Waals surface area contributed by atoms with Crippen LogP contribution in [0.4, 0.5) is 0 Å². The van der Waals surface area contributed by atoms with Crippen LogP contribution in [0.25, 0.3) is 38.9 Å². The zero-order valence-corrected chi connectivity index (χ0v) is 16.4. The molecule has 3 aromatic heterocycles. The Kier molecular flexibility index (Phi) is 4.24. The molecular weight excluding hydrogens is 358 g/mol. The van der Waals surface area contributed by atoms with E-state index in [-0.39, 0.29) is 6.10 Å². The molecule has 0 unspecified atom stereocenters. The van der Waals surface area contributed by atoms with Crippen molar-refractivity contribution >= 4 is 16.6 Å². The molecule has 4 nitrogen and oxygen atoms in total. The minimum Gasteiger partial charge on any atom is -0.491 e. The Balaban J connectivity index is 1.51. The average molecular weight is 379 g/mol. The highest BCUT2D eigenvalue weighted by Crippen LogP contribution is 2.27. The lowest BCUT2D eigenvalue weighted by Gasteiger charge is -2.10. The number of nitrogens with zero attached hydrogens (tertiary/aromatic N) is 3. The summed E-state index contributed by atoms with van der Waals surface area (Å²) in [6, 6.07) is 22.7. The number of hydrogen-bond acceptors (Lipinski definition) is 3. The van der Waals surface area contributed by atoms with E-state index in [0.717, 1.165) is 44.7 Å². The van der Waals surface area contributed by atoms with Crippen LogP contribution in [0.5, 0.6) is 5.75 Å². The van der Waals surface area contributed by atoms with Crippen LogP contribution in [0.3, 0.4) is 0 Å². The van der Waals surface area contributed by atoms with Gasteiger partial charge in [0.1, 0.15) is 11.4 Å². The fraction of sp³-hybridized carbons (Fsp3) is 0.120. The Morgan fingerprint density at radius 3 is 2.45 bits per heavy atom. The number of para-hydroxylation sites is 1.